The first-order chi connectivity index (χ1) is 11.3. The molecule has 24 heavy (non-hydrogen) atoms. The average molecular weight is 369 g/mol. The Balaban J connectivity index is 2.39. The zero-order valence-electron chi connectivity index (χ0n) is 14.3. The lowest BCUT2D eigenvalue weighted by Crippen LogP contribution is -2.23. The Bertz CT molecular complexity index is 708. The van der Waals surface area contributed by atoms with E-state index >= 15 is 0 Å². The van der Waals surface area contributed by atoms with Crippen molar-refractivity contribution in [3.63, 3.8) is 0 Å². The minimum atomic E-state index is -0.0730. The molecule has 0 saturated heterocycles. The summed E-state index contributed by atoms with van der Waals surface area (Å²) < 4.78 is 5.99. The van der Waals surface area contributed by atoms with Crippen molar-refractivity contribution in [3.8, 4) is 11.6 Å². The summed E-state index contributed by atoms with van der Waals surface area (Å²) in [4.78, 5) is 4.40. The van der Waals surface area contributed by atoms with E-state index in [0.29, 0.717) is 27.4 Å². The highest BCUT2D eigenvalue weighted by Crippen LogP contribution is 2.37. The van der Waals surface area contributed by atoms with Crippen molar-refractivity contribution < 1.29 is 9.84 Å². The van der Waals surface area contributed by atoms with Gasteiger partial charge in [0.15, 0.2) is 0 Å². The predicted molar refractivity (Wildman–Crippen MR) is 99.8 cm³/mol. The van der Waals surface area contributed by atoms with Gasteiger partial charge in [-0.3, -0.25) is 0 Å². The number of aromatic nitrogens is 1. The molecule has 0 amide bonds. The van der Waals surface area contributed by atoms with Crippen molar-refractivity contribution in [1.29, 1.82) is 0 Å². The molecular weight excluding hydrogens is 347 g/mol. The number of anilines is 1. The van der Waals surface area contributed by atoms with E-state index in [0.717, 1.165) is 23.2 Å². The molecule has 1 heterocycles. The van der Waals surface area contributed by atoms with Crippen LogP contribution in [0.25, 0.3) is 0 Å². The summed E-state index contributed by atoms with van der Waals surface area (Å²) in [5.74, 6) is 1.03. The van der Waals surface area contributed by atoms with Crippen molar-refractivity contribution in [2.45, 2.75) is 40.2 Å². The molecule has 1 atom stereocenters. The van der Waals surface area contributed by atoms with E-state index in [9.17, 15) is 5.11 Å². The van der Waals surface area contributed by atoms with Crippen molar-refractivity contribution in [2.75, 3.05) is 11.9 Å². The van der Waals surface area contributed by atoms with Gasteiger partial charge < -0.3 is 15.2 Å². The van der Waals surface area contributed by atoms with Crippen molar-refractivity contribution in [3.05, 3.63) is 45.1 Å². The molecule has 0 aliphatic rings. The third-order valence-corrected chi connectivity index (χ3v) is 4.34. The van der Waals surface area contributed by atoms with Crippen LogP contribution in [-0.2, 0) is 0 Å². The monoisotopic (exact) mass is 368 g/mol. The molecule has 1 aromatic carbocycles. The normalized spacial score (nSPS) is 12.1. The van der Waals surface area contributed by atoms with Crippen molar-refractivity contribution in [1.82, 2.24) is 4.98 Å². The van der Waals surface area contributed by atoms with Crippen LogP contribution in [0.1, 0.15) is 30.2 Å². The molecule has 0 radical (unpaired) electrons. The molecule has 0 aliphatic heterocycles. The largest absolute Gasteiger partial charge is 0.437 e. The highest BCUT2D eigenvalue weighted by Gasteiger charge is 2.16. The Kier molecular flexibility index (Phi) is 6.33. The first-order valence-electron chi connectivity index (χ1n) is 7.84. The van der Waals surface area contributed by atoms with Crippen molar-refractivity contribution >= 4 is 28.9 Å². The maximum Gasteiger partial charge on any atom is 0.240 e. The van der Waals surface area contributed by atoms with Crippen LogP contribution in [0.5, 0.6) is 11.6 Å². The summed E-state index contributed by atoms with van der Waals surface area (Å²) in [6.45, 7) is 7.75. The van der Waals surface area contributed by atoms with Gasteiger partial charge in [0.25, 0.3) is 0 Å². The van der Waals surface area contributed by atoms with Crippen LogP contribution in [0.2, 0.25) is 10.0 Å². The van der Waals surface area contributed by atoms with E-state index in [4.69, 9.17) is 27.9 Å². The van der Waals surface area contributed by atoms with Gasteiger partial charge in [0.1, 0.15) is 10.8 Å². The number of aliphatic hydroxyl groups excluding tert-OH is 1. The predicted octanol–water partition coefficient (Wildman–Crippen LogP) is 5.29. The summed E-state index contributed by atoms with van der Waals surface area (Å²) in [6, 6.07) is 5.45. The van der Waals surface area contributed by atoms with E-state index in [-0.39, 0.29) is 12.6 Å². The molecular formula is C18H22Cl2N2O2. The minimum absolute atomic E-state index is 0.0276. The summed E-state index contributed by atoms with van der Waals surface area (Å²) in [7, 11) is 0. The Morgan fingerprint density at radius 2 is 1.79 bits per heavy atom. The van der Waals surface area contributed by atoms with Crippen LogP contribution in [0.15, 0.2) is 18.2 Å². The zero-order chi connectivity index (χ0) is 17.9. The second-order valence-corrected chi connectivity index (χ2v) is 6.65. The van der Waals surface area contributed by atoms with E-state index < -0.39 is 0 Å². The second-order valence-electron chi connectivity index (χ2n) is 5.83. The SMILES string of the molecule is CCC(CO)Nc1cc(C)nc(Oc2c(C)cc(Cl)cc2C)c1Cl. The van der Waals surface area contributed by atoms with Crippen LogP contribution in [0.4, 0.5) is 5.69 Å². The Labute approximate surface area is 152 Å². The lowest BCUT2D eigenvalue weighted by Gasteiger charge is -2.19. The molecule has 2 rings (SSSR count). The fraction of sp³-hybridized carbons (Fsp3) is 0.389. The van der Waals surface area contributed by atoms with E-state index in [1.807, 2.05) is 45.9 Å². The molecule has 1 unspecified atom stereocenters. The summed E-state index contributed by atoms with van der Waals surface area (Å²) in [6.07, 6.45) is 0.778. The number of benzene rings is 1. The molecule has 2 aromatic rings. The second kappa shape index (κ2) is 8.06. The molecule has 0 fully saturated rings. The van der Waals surface area contributed by atoms with Gasteiger partial charge in [-0.05, 0) is 56.5 Å². The quantitative estimate of drug-likeness (QED) is 0.727. The van der Waals surface area contributed by atoms with Gasteiger partial charge in [0, 0.05) is 16.8 Å². The third kappa shape index (κ3) is 4.32. The van der Waals surface area contributed by atoms with Crippen LogP contribution >= 0.6 is 23.2 Å². The number of rotatable bonds is 6. The number of hydrogen-bond donors (Lipinski definition) is 2. The fourth-order valence-corrected chi connectivity index (χ4v) is 2.97. The zero-order valence-corrected chi connectivity index (χ0v) is 15.8. The Morgan fingerprint density at radius 3 is 2.33 bits per heavy atom. The molecule has 6 heteroatoms. The maximum atomic E-state index is 9.39. The Hall–Kier alpha value is -1.49. The van der Waals surface area contributed by atoms with E-state index in [1.165, 1.54) is 0 Å². The minimum Gasteiger partial charge on any atom is -0.437 e. The van der Waals surface area contributed by atoms with E-state index in [1.54, 1.807) is 0 Å². The van der Waals surface area contributed by atoms with Gasteiger partial charge >= 0.3 is 0 Å². The molecule has 0 bridgehead atoms. The van der Waals surface area contributed by atoms with Gasteiger partial charge in [0.05, 0.1) is 12.3 Å². The number of nitrogens with zero attached hydrogens (tertiary/aromatic N) is 1. The first kappa shape index (κ1) is 18.8. The van der Waals surface area contributed by atoms with Crippen LogP contribution in [-0.4, -0.2) is 22.7 Å². The average Bonchev–Trinajstić information content (AvgIpc) is 2.52. The number of aliphatic hydroxyl groups is 1. The highest BCUT2D eigenvalue weighted by molar-refractivity contribution is 6.34. The first-order valence-corrected chi connectivity index (χ1v) is 8.60. The number of halogens is 2. The molecule has 4 nitrogen and oxygen atoms in total. The molecule has 1 aromatic heterocycles. The van der Waals surface area contributed by atoms with Gasteiger partial charge in [0.2, 0.25) is 5.88 Å². The van der Waals surface area contributed by atoms with Crippen LogP contribution < -0.4 is 10.1 Å². The number of aryl methyl sites for hydroxylation is 3. The maximum absolute atomic E-state index is 9.39. The lowest BCUT2D eigenvalue weighted by molar-refractivity contribution is 0.272. The highest BCUT2D eigenvalue weighted by atomic mass is 35.5. The van der Waals surface area contributed by atoms with Gasteiger partial charge in [-0.15, -0.1) is 0 Å². The van der Waals surface area contributed by atoms with Gasteiger partial charge in [-0.1, -0.05) is 30.1 Å². The van der Waals surface area contributed by atoms with E-state index in [2.05, 4.69) is 10.3 Å². The number of nitrogens with one attached hydrogen (secondary N) is 1. The lowest BCUT2D eigenvalue weighted by atomic mass is 10.1. The number of hydrogen-bond acceptors (Lipinski definition) is 4. The molecule has 2 N–H and O–H groups in total. The van der Waals surface area contributed by atoms with Gasteiger partial charge in [-0.25, -0.2) is 4.98 Å². The van der Waals surface area contributed by atoms with Crippen LogP contribution in [0, 0.1) is 20.8 Å². The number of ether oxygens (including phenoxy) is 1. The third-order valence-electron chi connectivity index (χ3n) is 3.75. The topological polar surface area (TPSA) is 54.4 Å². The molecule has 0 spiro atoms. The summed E-state index contributed by atoms with van der Waals surface area (Å²) in [5, 5.41) is 13.7. The molecule has 130 valence electrons. The Morgan fingerprint density at radius 1 is 1.17 bits per heavy atom. The fourth-order valence-electron chi connectivity index (χ4n) is 2.45. The van der Waals surface area contributed by atoms with Crippen LogP contribution in [0.3, 0.4) is 0 Å². The smallest absolute Gasteiger partial charge is 0.240 e. The molecule has 0 aliphatic carbocycles. The standard InChI is InChI=1S/C18H22Cl2N2O2/c1-5-14(9-23)22-15-8-12(4)21-18(16(15)20)24-17-10(2)6-13(19)7-11(17)3/h6-8,14,23H,5,9H2,1-4H3,(H,21,22). The molecule has 0 saturated carbocycles. The number of pyridine rings is 1. The summed E-state index contributed by atoms with van der Waals surface area (Å²) >= 11 is 12.5. The van der Waals surface area contributed by atoms with Crippen molar-refractivity contribution in [2.24, 2.45) is 0 Å². The summed E-state index contributed by atoms with van der Waals surface area (Å²) in [5.41, 5.74) is 3.30. The van der Waals surface area contributed by atoms with Gasteiger partial charge in [-0.2, -0.15) is 0 Å².